The van der Waals surface area contributed by atoms with Crippen molar-refractivity contribution in [3.63, 3.8) is 0 Å². The molecule has 0 radical (unpaired) electrons. The Kier molecular flexibility index (Phi) is 3.90. The van der Waals surface area contributed by atoms with E-state index >= 15 is 0 Å². The normalized spacial score (nSPS) is 14.2. The zero-order valence-corrected chi connectivity index (χ0v) is 10.0. The Morgan fingerprint density at radius 2 is 2.00 bits per heavy atom. The summed E-state index contributed by atoms with van der Waals surface area (Å²) in [4.78, 5) is 13.4. The summed E-state index contributed by atoms with van der Waals surface area (Å²) in [7, 11) is 3.68. The third-order valence-corrected chi connectivity index (χ3v) is 2.85. The number of nitrogens with two attached hydrogens (primary N) is 1. The van der Waals surface area contributed by atoms with Crippen LogP contribution in [0.4, 0.5) is 5.69 Å². The van der Waals surface area contributed by atoms with Crippen LogP contribution in [0.2, 0.25) is 0 Å². The SMILES string of the molecule is CNC(C)(CN(C)c1ccccc1)C(N)=O. The van der Waals surface area contributed by atoms with Gasteiger partial charge < -0.3 is 16.0 Å². The topological polar surface area (TPSA) is 58.4 Å². The summed E-state index contributed by atoms with van der Waals surface area (Å²) < 4.78 is 0. The summed E-state index contributed by atoms with van der Waals surface area (Å²) in [5.41, 5.74) is 5.72. The molecule has 0 aliphatic carbocycles. The minimum absolute atomic E-state index is 0.349. The van der Waals surface area contributed by atoms with Crippen LogP contribution < -0.4 is 16.0 Å². The van der Waals surface area contributed by atoms with Crippen LogP contribution in [0.25, 0.3) is 0 Å². The maximum Gasteiger partial charge on any atom is 0.239 e. The summed E-state index contributed by atoms with van der Waals surface area (Å²) in [5.74, 6) is -0.349. The summed E-state index contributed by atoms with van der Waals surface area (Å²) in [5, 5.41) is 2.96. The van der Waals surface area contributed by atoms with E-state index in [1.54, 1.807) is 14.0 Å². The smallest absolute Gasteiger partial charge is 0.239 e. The largest absolute Gasteiger partial charge is 0.372 e. The van der Waals surface area contributed by atoms with E-state index < -0.39 is 5.54 Å². The fraction of sp³-hybridized carbons (Fsp3) is 0.417. The molecule has 0 saturated heterocycles. The minimum Gasteiger partial charge on any atom is -0.372 e. The second-order valence-electron chi connectivity index (χ2n) is 4.14. The number of amides is 1. The third kappa shape index (κ3) is 2.73. The highest BCUT2D eigenvalue weighted by atomic mass is 16.1. The van der Waals surface area contributed by atoms with E-state index in [-0.39, 0.29) is 5.91 Å². The first kappa shape index (κ1) is 12.5. The van der Waals surface area contributed by atoms with Crippen molar-refractivity contribution in [2.24, 2.45) is 5.73 Å². The Labute approximate surface area is 96.4 Å². The number of para-hydroxylation sites is 1. The Bertz CT molecular complexity index is 353. The van der Waals surface area contributed by atoms with Crippen molar-refractivity contribution in [3.8, 4) is 0 Å². The lowest BCUT2D eigenvalue weighted by Crippen LogP contribution is -2.58. The molecule has 1 unspecified atom stereocenters. The summed E-state index contributed by atoms with van der Waals surface area (Å²) >= 11 is 0. The number of hydrogen-bond donors (Lipinski definition) is 2. The van der Waals surface area contributed by atoms with Crippen LogP contribution >= 0.6 is 0 Å². The van der Waals surface area contributed by atoms with E-state index in [1.807, 2.05) is 42.3 Å². The molecule has 0 aromatic heterocycles. The molecular weight excluding hydrogens is 202 g/mol. The monoisotopic (exact) mass is 221 g/mol. The van der Waals surface area contributed by atoms with Gasteiger partial charge in [0.15, 0.2) is 0 Å². The second-order valence-corrected chi connectivity index (χ2v) is 4.14. The molecule has 1 amide bonds. The molecule has 3 N–H and O–H groups in total. The van der Waals surface area contributed by atoms with Gasteiger partial charge in [-0.1, -0.05) is 18.2 Å². The fourth-order valence-electron chi connectivity index (χ4n) is 1.53. The van der Waals surface area contributed by atoms with Gasteiger partial charge in [0, 0.05) is 19.3 Å². The van der Waals surface area contributed by atoms with Crippen molar-refractivity contribution in [2.45, 2.75) is 12.5 Å². The van der Waals surface area contributed by atoms with Crippen LogP contribution in [0.1, 0.15) is 6.92 Å². The first-order valence-corrected chi connectivity index (χ1v) is 5.24. The van der Waals surface area contributed by atoms with Crippen molar-refractivity contribution in [2.75, 3.05) is 25.5 Å². The molecule has 0 fully saturated rings. The van der Waals surface area contributed by atoms with Crippen LogP contribution in [0.5, 0.6) is 0 Å². The Hall–Kier alpha value is -1.55. The third-order valence-electron chi connectivity index (χ3n) is 2.85. The lowest BCUT2D eigenvalue weighted by molar-refractivity contribution is -0.123. The molecular formula is C12H19N3O. The van der Waals surface area contributed by atoms with Crippen LogP contribution in [0.15, 0.2) is 30.3 Å². The van der Waals surface area contributed by atoms with E-state index in [2.05, 4.69) is 5.32 Å². The van der Waals surface area contributed by atoms with Gasteiger partial charge in [-0.15, -0.1) is 0 Å². The summed E-state index contributed by atoms with van der Waals surface area (Å²) in [6, 6.07) is 9.89. The fourth-order valence-corrected chi connectivity index (χ4v) is 1.53. The van der Waals surface area contributed by atoms with Gasteiger partial charge in [-0.25, -0.2) is 0 Å². The van der Waals surface area contributed by atoms with Crippen molar-refractivity contribution in [3.05, 3.63) is 30.3 Å². The number of carbonyl (C=O) groups is 1. The molecule has 1 atom stereocenters. The molecule has 0 aliphatic heterocycles. The van der Waals surface area contributed by atoms with Crippen LogP contribution in [-0.4, -0.2) is 32.1 Å². The lowest BCUT2D eigenvalue weighted by Gasteiger charge is -2.31. The molecule has 4 heteroatoms. The van der Waals surface area contributed by atoms with Gasteiger partial charge in [0.1, 0.15) is 5.54 Å². The Morgan fingerprint density at radius 1 is 1.44 bits per heavy atom. The van der Waals surface area contributed by atoms with Crippen molar-refractivity contribution >= 4 is 11.6 Å². The summed E-state index contributed by atoms with van der Waals surface area (Å²) in [6.45, 7) is 2.33. The Balaban J connectivity index is 2.78. The molecule has 1 aromatic carbocycles. The predicted molar refractivity (Wildman–Crippen MR) is 66.4 cm³/mol. The number of primary amides is 1. The maximum absolute atomic E-state index is 11.4. The predicted octanol–water partition coefficient (Wildman–Crippen LogP) is 0.586. The van der Waals surface area contributed by atoms with Gasteiger partial charge in [-0.2, -0.15) is 0 Å². The van der Waals surface area contributed by atoms with E-state index in [0.29, 0.717) is 6.54 Å². The number of nitrogens with one attached hydrogen (secondary N) is 1. The molecule has 88 valence electrons. The van der Waals surface area contributed by atoms with Gasteiger partial charge in [0.2, 0.25) is 5.91 Å². The van der Waals surface area contributed by atoms with Crippen LogP contribution in [0.3, 0.4) is 0 Å². The Morgan fingerprint density at radius 3 is 2.44 bits per heavy atom. The van der Waals surface area contributed by atoms with Gasteiger partial charge in [0.05, 0.1) is 0 Å². The van der Waals surface area contributed by atoms with E-state index in [0.717, 1.165) is 5.69 Å². The van der Waals surface area contributed by atoms with Gasteiger partial charge in [-0.05, 0) is 26.1 Å². The number of rotatable bonds is 5. The highest BCUT2D eigenvalue weighted by Gasteiger charge is 2.30. The van der Waals surface area contributed by atoms with Gasteiger partial charge >= 0.3 is 0 Å². The van der Waals surface area contributed by atoms with Crippen molar-refractivity contribution in [1.29, 1.82) is 0 Å². The molecule has 0 aliphatic rings. The molecule has 4 nitrogen and oxygen atoms in total. The summed E-state index contributed by atoms with van der Waals surface area (Å²) in [6.07, 6.45) is 0. The molecule has 0 saturated carbocycles. The van der Waals surface area contributed by atoms with Gasteiger partial charge in [0.25, 0.3) is 0 Å². The molecule has 0 bridgehead atoms. The first-order chi connectivity index (χ1) is 7.49. The second kappa shape index (κ2) is 4.99. The number of nitrogens with zero attached hydrogens (tertiary/aromatic N) is 1. The number of anilines is 1. The van der Waals surface area contributed by atoms with Crippen LogP contribution in [-0.2, 0) is 4.79 Å². The zero-order valence-electron chi connectivity index (χ0n) is 10.0. The van der Waals surface area contributed by atoms with Gasteiger partial charge in [-0.3, -0.25) is 4.79 Å². The van der Waals surface area contributed by atoms with E-state index in [9.17, 15) is 4.79 Å². The molecule has 1 rings (SSSR count). The first-order valence-electron chi connectivity index (χ1n) is 5.24. The van der Waals surface area contributed by atoms with Crippen molar-refractivity contribution < 1.29 is 4.79 Å². The molecule has 0 heterocycles. The maximum atomic E-state index is 11.4. The lowest BCUT2D eigenvalue weighted by atomic mass is 10.0. The number of benzene rings is 1. The molecule has 0 spiro atoms. The minimum atomic E-state index is -0.718. The highest BCUT2D eigenvalue weighted by Crippen LogP contribution is 2.14. The van der Waals surface area contributed by atoms with Crippen LogP contribution in [0, 0.1) is 0 Å². The van der Waals surface area contributed by atoms with Crippen molar-refractivity contribution in [1.82, 2.24) is 5.32 Å². The van der Waals surface area contributed by atoms with E-state index in [4.69, 9.17) is 5.73 Å². The average molecular weight is 221 g/mol. The quantitative estimate of drug-likeness (QED) is 0.765. The average Bonchev–Trinajstić information content (AvgIpc) is 2.29. The highest BCUT2D eigenvalue weighted by molar-refractivity contribution is 5.85. The molecule has 1 aromatic rings. The number of carbonyl (C=O) groups excluding carboxylic acids is 1. The standard InChI is InChI=1S/C12H19N3O/c1-12(14-2,11(13)16)9-15(3)10-7-5-4-6-8-10/h4-8,14H,9H2,1-3H3,(H2,13,16). The zero-order chi connectivity index (χ0) is 12.2. The van der Waals surface area contributed by atoms with E-state index in [1.165, 1.54) is 0 Å². The number of likely N-dealkylation sites (N-methyl/N-ethyl adjacent to an activating group) is 2. The number of hydrogen-bond acceptors (Lipinski definition) is 3. The molecule has 16 heavy (non-hydrogen) atoms.